The summed E-state index contributed by atoms with van der Waals surface area (Å²) in [5.41, 5.74) is 4.44. The van der Waals surface area contributed by atoms with Crippen molar-refractivity contribution in [1.29, 1.82) is 0 Å². The molecule has 3 heterocycles. The molecule has 0 aliphatic heterocycles. The van der Waals surface area contributed by atoms with Gasteiger partial charge >= 0.3 is 0 Å². The van der Waals surface area contributed by atoms with Gasteiger partial charge in [-0.1, -0.05) is 85.0 Å². The summed E-state index contributed by atoms with van der Waals surface area (Å²) < 4.78 is 34.0. The highest BCUT2D eigenvalue weighted by Gasteiger charge is 2.44. The van der Waals surface area contributed by atoms with E-state index in [1.165, 1.54) is 18.2 Å². The first kappa shape index (κ1) is 26.5. The highest BCUT2D eigenvalue weighted by atomic mass is 127. The molecule has 0 saturated carbocycles. The zero-order valence-electron chi connectivity index (χ0n) is 22.4. The molecular weight excluding hydrogens is 641 g/mol. The standard InChI is InChI=1S/C35H25F2IN4/c36-29-18-16-24(17-19-29)33-30(25-20-31(37)34-39-21-32(38)41(34)22-25)23-42(40-33)35(26-10-4-1-5-11-26,27-12-6-2-7-13-27)28-14-8-3-9-15-28/h1-14,16-23,28H,15H2. The molecule has 1 aliphatic rings. The molecule has 7 rings (SSSR count). The molecule has 0 spiro atoms. The number of fused-ring (bicyclic) bond motifs is 1. The molecule has 206 valence electrons. The number of allylic oxidation sites excluding steroid dienone is 4. The summed E-state index contributed by atoms with van der Waals surface area (Å²) in [6.07, 6.45) is 14.9. The first-order valence-corrected chi connectivity index (χ1v) is 14.8. The molecule has 4 nitrogen and oxygen atoms in total. The minimum atomic E-state index is -0.733. The van der Waals surface area contributed by atoms with Crippen LogP contribution in [0, 0.1) is 21.3 Å². The van der Waals surface area contributed by atoms with Crippen LogP contribution in [0.15, 0.2) is 134 Å². The lowest BCUT2D eigenvalue weighted by Gasteiger charge is -2.41. The van der Waals surface area contributed by atoms with Crippen molar-refractivity contribution in [1.82, 2.24) is 19.2 Å². The molecule has 0 fully saturated rings. The lowest BCUT2D eigenvalue weighted by atomic mass is 9.70. The molecule has 1 aliphatic carbocycles. The number of halogens is 3. The van der Waals surface area contributed by atoms with Gasteiger partial charge in [0.15, 0.2) is 11.5 Å². The number of pyridine rings is 1. The van der Waals surface area contributed by atoms with Crippen LogP contribution < -0.4 is 0 Å². The Morgan fingerprint density at radius 3 is 2.14 bits per heavy atom. The van der Waals surface area contributed by atoms with Crippen molar-refractivity contribution in [3.63, 3.8) is 0 Å². The minimum Gasteiger partial charge on any atom is -0.292 e. The van der Waals surface area contributed by atoms with E-state index >= 15 is 4.39 Å². The average molecular weight is 667 g/mol. The largest absolute Gasteiger partial charge is 0.292 e. The van der Waals surface area contributed by atoms with Gasteiger partial charge in [0.05, 0.1) is 6.20 Å². The van der Waals surface area contributed by atoms with Gasteiger partial charge in [-0.05, 0) is 70.5 Å². The van der Waals surface area contributed by atoms with Gasteiger partial charge in [0.25, 0.3) is 0 Å². The molecule has 0 radical (unpaired) electrons. The normalized spacial score (nSPS) is 15.0. The molecular formula is C35H25F2IN4. The number of imidazole rings is 1. The third-order valence-electron chi connectivity index (χ3n) is 7.97. The molecule has 3 aromatic heterocycles. The Balaban J connectivity index is 1.56. The summed E-state index contributed by atoms with van der Waals surface area (Å²) in [5, 5.41) is 5.29. The van der Waals surface area contributed by atoms with Gasteiger partial charge in [0.2, 0.25) is 0 Å². The lowest BCUT2D eigenvalue weighted by molar-refractivity contribution is 0.293. The summed E-state index contributed by atoms with van der Waals surface area (Å²) in [6.45, 7) is 0. The van der Waals surface area contributed by atoms with Crippen molar-refractivity contribution in [2.45, 2.75) is 12.0 Å². The Hall–Kier alpha value is -4.37. The van der Waals surface area contributed by atoms with Gasteiger partial charge in [0, 0.05) is 35.0 Å². The van der Waals surface area contributed by atoms with E-state index in [0.717, 1.165) is 32.4 Å². The second-order valence-electron chi connectivity index (χ2n) is 10.3. The van der Waals surface area contributed by atoms with E-state index in [1.54, 1.807) is 22.7 Å². The summed E-state index contributed by atoms with van der Waals surface area (Å²) >= 11 is 2.15. The van der Waals surface area contributed by atoms with Crippen LogP contribution in [0.5, 0.6) is 0 Å². The first-order chi connectivity index (χ1) is 20.6. The SMILES string of the molecule is Fc1ccc(-c2nn(C(c3ccccc3)(c3ccccc3)C3C=CC=CC3)cc2-c2cc(F)c3ncc(I)n3c2)cc1. The minimum absolute atomic E-state index is 0.0231. The highest BCUT2D eigenvalue weighted by Crippen LogP contribution is 2.46. The first-order valence-electron chi connectivity index (χ1n) is 13.7. The molecule has 6 aromatic rings. The van der Waals surface area contributed by atoms with Crippen LogP contribution in [0.1, 0.15) is 17.5 Å². The van der Waals surface area contributed by atoms with Crippen molar-refractivity contribution in [3.05, 3.63) is 160 Å². The van der Waals surface area contributed by atoms with Gasteiger partial charge < -0.3 is 0 Å². The Labute approximate surface area is 255 Å². The van der Waals surface area contributed by atoms with Gasteiger partial charge in [-0.2, -0.15) is 5.10 Å². The van der Waals surface area contributed by atoms with E-state index in [1.807, 2.05) is 53.5 Å². The molecule has 0 saturated heterocycles. The second-order valence-corrected chi connectivity index (χ2v) is 11.5. The van der Waals surface area contributed by atoms with Gasteiger partial charge in [-0.25, -0.2) is 13.8 Å². The third-order valence-corrected chi connectivity index (χ3v) is 8.76. The van der Waals surface area contributed by atoms with E-state index < -0.39 is 11.4 Å². The number of benzene rings is 3. The Bertz CT molecular complexity index is 1900. The van der Waals surface area contributed by atoms with Crippen LogP contribution in [-0.2, 0) is 5.54 Å². The van der Waals surface area contributed by atoms with E-state index in [0.29, 0.717) is 11.3 Å². The molecule has 0 amide bonds. The number of hydrogen-bond donors (Lipinski definition) is 0. The van der Waals surface area contributed by atoms with Crippen LogP contribution in [0.3, 0.4) is 0 Å². The predicted octanol–water partition coefficient (Wildman–Crippen LogP) is 8.67. The maximum atomic E-state index is 15.4. The quantitative estimate of drug-likeness (QED) is 0.167. The number of hydrogen-bond acceptors (Lipinski definition) is 2. The lowest BCUT2D eigenvalue weighted by Crippen LogP contribution is -2.43. The Morgan fingerprint density at radius 1 is 0.810 bits per heavy atom. The smallest absolute Gasteiger partial charge is 0.174 e. The van der Waals surface area contributed by atoms with E-state index in [-0.39, 0.29) is 17.4 Å². The fraction of sp³-hybridized carbons (Fsp3) is 0.0857. The van der Waals surface area contributed by atoms with E-state index in [4.69, 9.17) is 5.10 Å². The van der Waals surface area contributed by atoms with Gasteiger partial charge in [-0.3, -0.25) is 9.08 Å². The maximum absolute atomic E-state index is 15.4. The molecule has 42 heavy (non-hydrogen) atoms. The molecule has 7 heteroatoms. The summed E-state index contributed by atoms with van der Waals surface area (Å²) in [7, 11) is 0. The van der Waals surface area contributed by atoms with Crippen LogP contribution in [-0.4, -0.2) is 19.2 Å². The zero-order valence-corrected chi connectivity index (χ0v) is 24.6. The van der Waals surface area contributed by atoms with Crippen molar-refractivity contribution >= 4 is 28.2 Å². The Kier molecular flexibility index (Phi) is 6.82. The fourth-order valence-electron chi connectivity index (χ4n) is 6.06. The zero-order chi connectivity index (χ0) is 28.7. The molecule has 1 unspecified atom stereocenters. The second kappa shape index (κ2) is 10.8. The van der Waals surface area contributed by atoms with Gasteiger partial charge in [-0.15, -0.1) is 0 Å². The number of rotatable bonds is 6. The fourth-order valence-corrected chi connectivity index (χ4v) is 6.56. The molecule has 3 aromatic carbocycles. The molecule has 1 atom stereocenters. The Morgan fingerprint density at radius 2 is 1.50 bits per heavy atom. The topological polar surface area (TPSA) is 35.1 Å². The summed E-state index contributed by atoms with van der Waals surface area (Å²) in [4.78, 5) is 4.23. The molecule has 0 bridgehead atoms. The summed E-state index contributed by atoms with van der Waals surface area (Å²) in [6, 6.07) is 28.6. The van der Waals surface area contributed by atoms with E-state index in [9.17, 15) is 4.39 Å². The van der Waals surface area contributed by atoms with Crippen molar-refractivity contribution in [3.8, 4) is 22.4 Å². The maximum Gasteiger partial charge on any atom is 0.174 e. The number of aromatic nitrogens is 4. The van der Waals surface area contributed by atoms with Crippen LogP contribution >= 0.6 is 22.6 Å². The third kappa shape index (κ3) is 4.39. The van der Waals surface area contributed by atoms with Crippen LogP contribution in [0.25, 0.3) is 28.0 Å². The van der Waals surface area contributed by atoms with Crippen molar-refractivity contribution < 1.29 is 8.78 Å². The summed E-state index contributed by atoms with van der Waals surface area (Å²) in [5.74, 6) is -0.733. The van der Waals surface area contributed by atoms with Crippen molar-refractivity contribution in [2.24, 2.45) is 5.92 Å². The highest BCUT2D eigenvalue weighted by molar-refractivity contribution is 14.1. The van der Waals surface area contributed by atoms with Crippen molar-refractivity contribution in [2.75, 3.05) is 0 Å². The van der Waals surface area contributed by atoms with Crippen LogP contribution in [0.4, 0.5) is 8.78 Å². The average Bonchev–Trinajstić information content (AvgIpc) is 3.64. The number of nitrogens with zero attached hydrogens (tertiary/aromatic N) is 4. The monoisotopic (exact) mass is 666 g/mol. The van der Waals surface area contributed by atoms with E-state index in [2.05, 4.69) is 76.1 Å². The predicted molar refractivity (Wildman–Crippen MR) is 170 cm³/mol. The molecule has 0 N–H and O–H groups in total. The van der Waals surface area contributed by atoms with Crippen LogP contribution in [0.2, 0.25) is 0 Å². The van der Waals surface area contributed by atoms with Gasteiger partial charge in [0.1, 0.15) is 20.8 Å².